The number of quaternary nitrogens is 1. The molecule has 31 heavy (non-hydrogen) atoms. The van der Waals surface area contributed by atoms with E-state index in [1.807, 2.05) is 54.6 Å². The number of rotatable bonds is 3. The molecule has 6 rings (SSSR count). The van der Waals surface area contributed by atoms with Gasteiger partial charge in [0.25, 0.3) is 5.84 Å². The molecule has 0 amide bonds. The van der Waals surface area contributed by atoms with Gasteiger partial charge < -0.3 is 0 Å². The second kappa shape index (κ2) is 6.46. The Morgan fingerprint density at radius 3 is 2.65 bits per heavy atom. The summed E-state index contributed by atoms with van der Waals surface area (Å²) < 4.78 is 15.6. The number of nitrogens with two attached hydrogens (primary N) is 1. The van der Waals surface area contributed by atoms with Crippen LogP contribution in [-0.4, -0.2) is 26.6 Å². The highest BCUT2D eigenvalue weighted by Gasteiger charge is 2.46. The van der Waals surface area contributed by atoms with Crippen LogP contribution in [0.15, 0.2) is 106 Å². The zero-order valence-electron chi connectivity index (χ0n) is 16.3. The van der Waals surface area contributed by atoms with Gasteiger partial charge in [0.1, 0.15) is 17.4 Å². The van der Waals surface area contributed by atoms with E-state index in [1.165, 1.54) is 0 Å². The Morgan fingerprint density at radius 1 is 1.00 bits per heavy atom. The predicted octanol–water partition coefficient (Wildman–Crippen LogP) is 4.15. The average Bonchev–Trinajstić information content (AvgIpc) is 3.06. The van der Waals surface area contributed by atoms with E-state index >= 15 is 4.39 Å². The third-order valence-corrected chi connectivity index (χ3v) is 5.59. The predicted molar refractivity (Wildman–Crippen MR) is 118 cm³/mol. The molecule has 0 radical (unpaired) electrons. The maximum atomic E-state index is 15.8. The van der Waals surface area contributed by atoms with Crippen LogP contribution in [0.4, 0.5) is 4.39 Å². The highest BCUT2D eigenvalue weighted by Crippen LogP contribution is 2.37. The van der Waals surface area contributed by atoms with E-state index in [-0.39, 0.29) is 10.1 Å². The molecule has 2 N–H and O–H groups in total. The largest absolute Gasteiger partial charge is 0.268 e. The normalized spacial score (nSPS) is 21.2. The lowest BCUT2D eigenvalue weighted by atomic mass is 10.0. The molecule has 4 heterocycles. The van der Waals surface area contributed by atoms with Crippen LogP contribution in [0.25, 0.3) is 22.3 Å². The molecular formula is C24H16FN6+. The molecule has 2 aliphatic heterocycles. The summed E-state index contributed by atoms with van der Waals surface area (Å²) in [6.07, 6.45) is 12.5. The molecule has 3 aromatic rings. The molecule has 0 fully saturated rings. The van der Waals surface area contributed by atoms with Crippen LogP contribution in [0.1, 0.15) is 5.56 Å². The van der Waals surface area contributed by atoms with Crippen LogP contribution in [0.5, 0.6) is 0 Å². The molecule has 148 valence electrons. The number of pyridine rings is 2. The van der Waals surface area contributed by atoms with Gasteiger partial charge >= 0.3 is 0 Å². The Bertz CT molecular complexity index is 1450. The summed E-state index contributed by atoms with van der Waals surface area (Å²) in [4.78, 5) is 17.8. The first-order valence-electron chi connectivity index (χ1n) is 9.77. The van der Waals surface area contributed by atoms with Crippen molar-refractivity contribution < 1.29 is 8.98 Å². The number of amidine groups is 1. The monoisotopic (exact) mass is 407 g/mol. The number of halogens is 1. The van der Waals surface area contributed by atoms with Crippen molar-refractivity contribution in [3.8, 4) is 11.4 Å². The van der Waals surface area contributed by atoms with E-state index < -0.39 is 5.82 Å². The van der Waals surface area contributed by atoms with Crippen LogP contribution in [-0.2, 0) is 0 Å². The molecule has 0 saturated carbocycles. The first kappa shape index (κ1) is 17.8. The Morgan fingerprint density at radius 2 is 1.87 bits per heavy atom. The number of nitrogens with zero attached hydrogens (tertiary/aromatic N) is 5. The molecule has 3 aliphatic rings. The molecule has 0 saturated heterocycles. The minimum atomic E-state index is -0.466. The number of benzene rings is 1. The molecule has 2 aromatic heterocycles. The van der Waals surface area contributed by atoms with Crippen LogP contribution in [0.2, 0.25) is 0 Å². The maximum absolute atomic E-state index is 15.8. The standard InChI is InChI=1S/C24H16FN6/c25-21-17(9-7-16-8-10-19(29-23(16)21)18-6-1-2-11-28-18)24-30-22(15-4-3-5-15)20-14-27-12-13-31(20,24)26/h1-14H,26H2/q+1. The van der Waals surface area contributed by atoms with E-state index in [4.69, 9.17) is 10.8 Å². The maximum Gasteiger partial charge on any atom is 0.268 e. The van der Waals surface area contributed by atoms with Crippen molar-refractivity contribution in [1.29, 1.82) is 0 Å². The average molecular weight is 407 g/mol. The van der Waals surface area contributed by atoms with E-state index in [0.717, 1.165) is 5.57 Å². The topological polar surface area (TPSA) is 76.5 Å². The van der Waals surface area contributed by atoms with Gasteiger partial charge in [-0.1, -0.05) is 36.4 Å². The van der Waals surface area contributed by atoms with E-state index in [1.54, 1.807) is 30.9 Å². The van der Waals surface area contributed by atoms with Crippen molar-refractivity contribution in [3.63, 3.8) is 0 Å². The zero-order valence-corrected chi connectivity index (χ0v) is 16.3. The lowest BCUT2D eigenvalue weighted by molar-refractivity contribution is -0.750. The molecule has 1 aliphatic carbocycles. The summed E-state index contributed by atoms with van der Waals surface area (Å²) >= 11 is 0. The van der Waals surface area contributed by atoms with Crippen molar-refractivity contribution >= 4 is 23.0 Å². The third kappa shape index (κ3) is 2.58. The fraction of sp³-hybridized carbons (Fsp3) is 0. The van der Waals surface area contributed by atoms with Crippen molar-refractivity contribution in [3.05, 3.63) is 108 Å². The third-order valence-electron chi connectivity index (χ3n) is 5.59. The van der Waals surface area contributed by atoms with Crippen molar-refractivity contribution in [2.75, 3.05) is 0 Å². The first-order chi connectivity index (χ1) is 15.1. The molecule has 1 aromatic carbocycles. The molecule has 7 heteroatoms. The van der Waals surface area contributed by atoms with E-state index in [2.05, 4.69) is 15.0 Å². The second-order valence-electron chi connectivity index (χ2n) is 7.41. The highest BCUT2D eigenvalue weighted by molar-refractivity contribution is 6.03. The fourth-order valence-corrected chi connectivity index (χ4v) is 3.91. The van der Waals surface area contributed by atoms with Gasteiger partial charge in [-0.3, -0.25) is 9.98 Å². The second-order valence-corrected chi connectivity index (χ2v) is 7.41. The SMILES string of the molecule is N[N+]12C=CN=CC1=C(C1=CC=C1)N=C2c1ccc2ccc(-c3ccccn3)nc2c1F. The highest BCUT2D eigenvalue weighted by atomic mass is 19.1. The lowest BCUT2D eigenvalue weighted by Crippen LogP contribution is -2.53. The number of hydrogen-bond acceptors (Lipinski definition) is 5. The number of hydrogen-bond donors (Lipinski definition) is 1. The van der Waals surface area contributed by atoms with Gasteiger partial charge in [-0.05, 0) is 24.3 Å². The van der Waals surface area contributed by atoms with Gasteiger partial charge in [-0.2, -0.15) is 10.8 Å². The van der Waals surface area contributed by atoms with Crippen molar-refractivity contribution in [1.82, 2.24) is 9.97 Å². The smallest absolute Gasteiger partial charge is 0.255 e. The van der Waals surface area contributed by atoms with Gasteiger partial charge in [0.2, 0.25) is 5.70 Å². The minimum Gasteiger partial charge on any atom is -0.255 e. The first-order valence-corrected chi connectivity index (χ1v) is 9.77. The Hall–Kier alpha value is -4.07. The van der Waals surface area contributed by atoms with Gasteiger partial charge in [-0.15, -0.1) is 4.59 Å². The van der Waals surface area contributed by atoms with Gasteiger partial charge in [0.15, 0.2) is 5.82 Å². The molecular weight excluding hydrogens is 391 g/mol. The number of aliphatic imine (C=N–C) groups is 2. The van der Waals surface area contributed by atoms with E-state index in [9.17, 15) is 0 Å². The lowest BCUT2D eigenvalue weighted by Gasteiger charge is -2.26. The summed E-state index contributed by atoms with van der Waals surface area (Å²) in [5.74, 6) is 6.62. The van der Waals surface area contributed by atoms with Crippen molar-refractivity contribution in [2.45, 2.75) is 0 Å². The Kier molecular flexibility index (Phi) is 3.70. The Labute approximate surface area is 177 Å². The quantitative estimate of drug-likeness (QED) is 0.523. The number of aromatic nitrogens is 2. The summed E-state index contributed by atoms with van der Waals surface area (Å²) in [5, 5.41) is 0.692. The fourth-order valence-electron chi connectivity index (χ4n) is 3.91. The zero-order chi connectivity index (χ0) is 21.0. The van der Waals surface area contributed by atoms with Crippen LogP contribution in [0, 0.1) is 5.82 Å². The summed E-state index contributed by atoms with van der Waals surface area (Å²) in [5.41, 5.74) is 4.17. The number of allylic oxidation sites excluding steroid dienone is 4. The molecule has 0 bridgehead atoms. The van der Waals surface area contributed by atoms with Crippen LogP contribution < -0.4 is 5.84 Å². The summed E-state index contributed by atoms with van der Waals surface area (Å²) in [6, 6.07) is 12.8. The summed E-state index contributed by atoms with van der Waals surface area (Å²) in [6.45, 7) is 0. The van der Waals surface area contributed by atoms with Gasteiger partial charge in [0.05, 0.1) is 29.4 Å². The van der Waals surface area contributed by atoms with Gasteiger partial charge in [0, 0.05) is 17.2 Å². The number of fused-ring (bicyclic) bond motifs is 2. The van der Waals surface area contributed by atoms with Crippen LogP contribution >= 0.6 is 0 Å². The van der Waals surface area contributed by atoms with Gasteiger partial charge in [-0.25, -0.2) is 9.37 Å². The molecule has 6 nitrogen and oxygen atoms in total. The molecule has 0 spiro atoms. The molecule has 1 unspecified atom stereocenters. The Balaban J connectivity index is 1.53. The van der Waals surface area contributed by atoms with Crippen molar-refractivity contribution in [2.24, 2.45) is 15.8 Å². The summed E-state index contributed by atoms with van der Waals surface area (Å²) in [7, 11) is 0. The molecule has 1 atom stereocenters. The van der Waals surface area contributed by atoms with E-state index in [0.29, 0.717) is 39.6 Å². The minimum absolute atomic E-state index is 0.244. The van der Waals surface area contributed by atoms with Crippen LogP contribution in [0.3, 0.4) is 0 Å².